The van der Waals surface area contributed by atoms with Crippen LogP contribution in [0.3, 0.4) is 0 Å². The minimum atomic E-state index is 0.169. The minimum absolute atomic E-state index is 0.169. The number of hydrogen-bond donors (Lipinski definition) is 0. The summed E-state index contributed by atoms with van der Waals surface area (Å²) in [6.07, 6.45) is 1.22. The van der Waals surface area contributed by atoms with Crippen LogP contribution in [0.15, 0.2) is 29.1 Å². The summed E-state index contributed by atoms with van der Waals surface area (Å²) in [4.78, 5) is 3.80. The second kappa shape index (κ2) is 4.64. The van der Waals surface area contributed by atoms with Crippen LogP contribution in [0.1, 0.15) is 11.4 Å². The van der Waals surface area contributed by atoms with Gasteiger partial charge in [-0.3, -0.25) is 0 Å². The molecule has 0 fully saturated rings. The van der Waals surface area contributed by atoms with Crippen molar-refractivity contribution in [1.82, 2.24) is 10.1 Å². The first kappa shape index (κ1) is 10.5. The molecule has 0 radical (unpaired) electrons. The number of rotatable bonds is 3. The number of aromatic nitrogens is 2. The third-order valence-corrected chi connectivity index (χ3v) is 2.12. The maximum Gasteiger partial charge on any atom is 0.213 e. The van der Waals surface area contributed by atoms with E-state index < -0.39 is 0 Å². The van der Waals surface area contributed by atoms with Gasteiger partial charge < -0.3 is 9.26 Å². The molecule has 0 aliphatic carbocycles. The molecule has 0 atom stereocenters. The van der Waals surface area contributed by atoms with E-state index in [0.29, 0.717) is 22.2 Å². The van der Waals surface area contributed by atoms with E-state index in [0.717, 1.165) is 0 Å². The molecule has 0 saturated carbocycles. The summed E-state index contributed by atoms with van der Waals surface area (Å²) < 4.78 is 9.91. The van der Waals surface area contributed by atoms with Crippen molar-refractivity contribution in [1.29, 1.82) is 5.26 Å². The first-order valence-electron chi connectivity index (χ1n) is 4.37. The van der Waals surface area contributed by atoms with E-state index in [1.54, 1.807) is 12.1 Å². The summed E-state index contributed by atoms with van der Waals surface area (Å²) in [6, 6.07) is 6.77. The molecular weight excluding hydrogens is 230 g/mol. The lowest BCUT2D eigenvalue weighted by Crippen LogP contribution is -1.97. The maximum atomic E-state index is 8.65. The van der Waals surface area contributed by atoms with Crippen LogP contribution >= 0.6 is 11.6 Å². The molecule has 0 amide bonds. The third-order valence-electron chi connectivity index (χ3n) is 1.82. The van der Waals surface area contributed by atoms with Crippen molar-refractivity contribution >= 4 is 11.6 Å². The monoisotopic (exact) mass is 235 g/mol. The number of halogens is 1. The zero-order valence-electron chi connectivity index (χ0n) is 8.05. The number of nitriles is 1. The molecule has 0 unspecified atom stereocenters. The average molecular weight is 236 g/mol. The quantitative estimate of drug-likeness (QED) is 0.815. The predicted octanol–water partition coefficient (Wildman–Crippen LogP) is 2.17. The molecule has 16 heavy (non-hydrogen) atoms. The smallest absolute Gasteiger partial charge is 0.213 e. The Bertz CT molecular complexity index is 519. The van der Waals surface area contributed by atoms with Crippen molar-refractivity contribution in [3.63, 3.8) is 0 Å². The van der Waals surface area contributed by atoms with Gasteiger partial charge in [0.15, 0.2) is 6.61 Å². The summed E-state index contributed by atoms with van der Waals surface area (Å²) in [6.45, 7) is 0.169. The van der Waals surface area contributed by atoms with Crippen molar-refractivity contribution in [3.05, 3.63) is 41.0 Å². The predicted molar refractivity (Wildman–Crippen MR) is 54.8 cm³/mol. The standard InChI is InChI=1S/C10H6ClN3O2/c11-8-3-7(4-12)1-2-9(8)15-5-10-13-6-16-14-10/h1-3,6H,5H2. The Balaban J connectivity index is 2.08. The summed E-state index contributed by atoms with van der Waals surface area (Å²) in [5.74, 6) is 0.908. The van der Waals surface area contributed by atoms with Crippen molar-refractivity contribution in [2.24, 2.45) is 0 Å². The molecule has 0 aliphatic rings. The van der Waals surface area contributed by atoms with Gasteiger partial charge in [-0.1, -0.05) is 16.8 Å². The van der Waals surface area contributed by atoms with Crippen LogP contribution in [0.25, 0.3) is 0 Å². The Kier molecular flexibility index (Phi) is 3.03. The van der Waals surface area contributed by atoms with Gasteiger partial charge in [-0.25, -0.2) is 0 Å². The zero-order valence-corrected chi connectivity index (χ0v) is 8.81. The van der Waals surface area contributed by atoms with Gasteiger partial charge >= 0.3 is 0 Å². The lowest BCUT2D eigenvalue weighted by atomic mass is 10.2. The van der Waals surface area contributed by atoms with E-state index in [2.05, 4.69) is 14.7 Å². The molecule has 1 aromatic heterocycles. The van der Waals surface area contributed by atoms with Crippen LogP contribution in [-0.2, 0) is 6.61 Å². The highest BCUT2D eigenvalue weighted by atomic mass is 35.5. The molecule has 0 aliphatic heterocycles. The van der Waals surface area contributed by atoms with Crippen LogP contribution in [0.5, 0.6) is 5.75 Å². The summed E-state index contributed by atoms with van der Waals surface area (Å²) in [7, 11) is 0. The van der Waals surface area contributed by atoms with Crippen molar-refractivity contribution < 1.29 is 9.26 Å². The molecule has 80 valence electrons. The molecule has 0 saturated heterocycles. The van der Waals surface area contributed by atoms with Crippen LogP contribution in [-0.4, -0.2) is 10.1 Å². The van der Waals surface area contributed by atoms with E-state index in [1.807, 2.05) is 6.07 Å². The Labute approximate surface area is 96.2 Å². The Hall–Kier alpha value is -2.06. The van der Waals surface area contributed by atoms with Crippen molar-refractivity contribution in [3.8, 4) is 11.8 Å². The van der Waals surface area contributed by atoms with Crippen LogP contribution in [0.4, 0.5) is 0 Å². The molecular formula is C10H6ClN3O2. The minimum Gasteiger partial charge on any atom is -0.484 e. The molecule has 0 N–H and O–H groups in total. The second-order valence-corrected chi connectivity index (χ2v) is 3.30. The number of ether oxygens (including phenoxy) is 1. The topological polar surface area (TPSA) is 71.9 Å². The normalized spacial score (nSPS) is 9.75. The highest BCUT2D eigenvalue weighted by Crippen LogP contribution is 2.25. The second-order valence-electron chi connectivity index (χ2n) is 2.89. The van der Waals surface area contributed by atoms with Crippen LogP contribution in [0, 0.1) is 11.3 Å². The van der Waals surface area contributed by atoms with E-state index in [4.69, 9.17) is 21.6 Å². The average Bonchev–Trinajstić information content (AvgIpc) is 2.80. The first-order valence-corrected chi connectivity index (χ1v) is 4.75. The molecule has 5 nitrogen and oxygen atoms in total. The summed E-state index contributed by atoms with van der Waals surface area (Å²) in [5.41, 5.74) is 0.483. The van der Waals surface area contributed by atoms with Gasteiger partial charge in [0.1, 0.15) is 5.75 Å². The first-order chi connectivity index (χ1) is 7.79. The van der Waals surface area contributed by atoms with Crippen molar-refractivity contribution in [2.45, 2.75) is 6.61 Å². The lowest BCUT2D eigenvalue weighted by Gasteiger charge is -2.05. The molecule has 6 heteroatoms. The van der Waals surface area contributed by atoms with Gasteiger partial charge in [0, 0.05) is 0 Å². The fraction of sp³-hybridized carbons (Fsp3) is 0.100. The number of nitrogens with zero attached hydrogens (tertiary/aromatic N) is 3. The van der Waals surface area contributed by atoms with E-state index >= 15 is 0 Å². The van der Waals surface area contributed by atoms with Gasteiger partial charge in [0.25, 0.3) is 0 Å². The van der Waals surface area contributed by atoms with Crippen molar-refractivity contribution in [2.75, 3.05) is 0 Å². The largest absolute Gasteiger partial charge is 0.484 e. The Morgan fingerprint density at radius 1 is 1.50 bits per heavy atom. The Morgan fingerprint density at radius 2 is 2.38 bits per heavy atom. The van der Waals surface area contributed by atoms with Gasteiger partial charge in [0.05, 0.1) is 16.7 Å². The number of hydrogen-bond acceptors (Lipinski definition) is 5. The maximum absolute atomic E-state index is 8.65. The molecule has 2 aromatic rings. The van der Waals surface area contributed by atoms with Crippen LogP contribution in [0.2, 0.25) is 5.02 Å². The van der Waals surface area contributed by atoms with Gasteiger partial charge in [-0.05, 0) is 18.2 Å². The highest BCUT2D eigenvalue weighted by molar-refractivity contribution is 6.32. The van der Waals surface area contributed by atoms with E-state index in [-0.39, 0.29) is 6.61 Å². The zero-order chi connectivity index (χ0) is 11.4. The van der Waals surface area contributed by atoms with Gasteiger partial charge in [-0.15, -0.1) is 0 Å². The van der Waals surface area contributed by atoms with E-state index in [1.165, 1.54) is 12.5 Å². The SMILES string of the molecule is N#Cc1ccc(OCc2ncon2)c(Cl)c1. The molecule has 1 aromatic carbocycles. The molecule has 0 spiro atoms. The van der Waals surface area contributed by atoms with Gasteiger partial charge in [0.2, 0.25) is 12.2 Å². The Morgan fingerprint density at radius 3 is 3.00 bits per heavy atom. The van der Waals surface area contributed by atoms with E-state index in [9.17, 15) is 0 Å². The summed E-state index contributed by atoms with van der Waals surface area (Å²) >= 11 is 5.91. The fourth-order valence-corrected chi connectivity index (χ4v) is 1.32. The van der Waals surface area contributed by atoms with Crippen LogP contribution < -0.4 is 4.74 Å². The fourth-order valence-electron chi connectivity index (χ4n) is 1.09. The third kappa shape index (κ3) is 2.30. The molecule has 1 heterocycles. The van der Waals surface area contributed by atoms with Gasteiger partial charge in [-0.2, -0.15) is 10.2 Å². The highest BCUT2D eigenvalue weighted by Gasteiger charge is 2.05. The summed E-state index contributed by atoms with van der Waals surface area (Å²) in [5, 5.41) is 12.6. The molecule has 2 rings (SSSR count). The molecule has 0 bridgehead atoms. The number of benzene rings is 1. The lowest BCUT2D eigenvalue weighted by molar-refractivity contribution is 0.287.